The molecule has 0 radical (unpaired) electrons. The molecule has 180 valence electrons. The fourth-order valence-corrected chi connectivity index (χ4v) is 5.96. The topological polar surface area (TPSA) is 56.2 Å². The van der Waals surface area contributed by atoms with E-state index in [4.69, 9.17) is 0 Å². The zero-order chi connectivity index (χ0) is 23.9. The minimum Gasteiger partial charge on any atom is -0.339 e. The molecule has 0 bridgehead atoms. The maximum Gasteiger partial charge on any atom is 0.416 e. The van der Waals surface area contributed by atoms with E-state index >= 15 is 0 Å². The number of nitrogens with zero attached hydrogens (tertiary/aromatic N) is 4. The first-order valence-electron chi connectivity index (χ1n) is 11.4. The molecule has 2 aliphatic heterocycles. The van der Waals surface area contributed by atoms with Crippen LogP contribution in [0.1, 0.15) is 24.8 Å². The third kappa shape index (κ3) is 4.34. The molecule has 0 unspecified atom stereocenters. The summed E-state index contributed by atoms with van der Waals surface area (Å²) in [6.45, 7) is 3.96. The lowest BCUT2D eigenvalue weighted by molar-refractivity contribution is -0.137. The van der Waals surface area contributed by atoms with Crippen LogP contribution in [-0.2, 0) is 16.2 Å². The van der Waals surface area contributed by atoms with Crippen LogP contribution in [0.25, 0.3) is 11.1 Å². The number of aliphatic imine (C=N–C) groups is 1. The Labute approximate surface area is 197 Å². The summed E-state index contributed by atoms with van der Waals surface area (Å²) in [5, 5.41) is 0. The minimum absolute atomic E-state index is 0.0362. The van der Waals surface area contributed by atoms with Crippen LogP contribution < -0.4 is 0 Å². The highest BCUT2D eigenvalue weighted by Gasteiger charge is 2.36. The molecule has 2 heterocycles. The van der Waals surface area contributed by atoms with Crippen molar-refractivity contribution in [1.29, 1.82) is 0 Å². The normalized spacial score (nSPS) is 20.1. The lowest BCUT2D eigenvalue weighted by atomic mass is 9.91. The monoisotopic (exact) mass is 490 g/mol. The van der Waals surface area contributed by atoms with Gasteiger partial charge in [0.2, 0.25) is 5.96 Å². The van der Waals surface area contributed by atoms with Gasteiger partial charge in [-0.25, -0.2) is 12.7 Å². The molecular weight excluding hydrogens is 465 g/mol. The number of rotatable bonds is 4. The molecule has 2 aromatic rings. The molecule has 1 saturated heterocycles. The summed E-state index contributed by atoms with van der Waals surface area (Å²) in [7, 11) is -3.87. The number of alkyl halides is 3. The van der Waals surface area contributed by atoms with Crippen LogP contribution in [-0.4, -0.2) is 73.8 Å². The van der Waals surface area contributed by atoms with Crippen LogP contribution in [0.5, 0.6) is 0 Å². The van der Waals surface area contributed by atoms with Crippen LogP contribution in [0.4, 0.5) is 13.2 Å². The van der Waals surface area contributed by atoms with Gasteiger partial charge in [0.1, 0.15) is 4.90 Å². The molecule has 34 heavy (non-hydrogen) atoms. The van der Waals surface area contributed by atoms with E-state index in [9.17, 15) is 21.6 Å². The third-order valence-electron chi connectivity index (χ3n) is 6.78. The van der Waals surface area contributed by atoms with Crippen LogP contribution in [0.2, 0.25) is 0 Å². The number of benzene rings is 1. The molecule has 1 aliphatic carbocycles. The smallest absolute Gasteiger partial charge is 0.339 e. The van der Waals surface area contributed by atoms with Crippen molar-refractivity contribution in [3.8, 4) is 11.1 Å². The predicted molar refractivity (Wildman–Crippen MR) is 122 cm³/mol. The van der Waals surface area contributed by atoms with Gasteiger partial charge in [-0.15, -0.1) is 0 Å². The Morgan fingerprint density at radius 1 is 0.912 bits per heavy atom. The highest BCUT2D eigenvalue weighted by atomic mass is 32.2. The van der Waals surface area contributed by atoms with Gasteiger partial charge >= 0.3 is 6.18 Å². The highest BCUT2D eigenvalue weighted by molar-refractivity contribution is 7.89. The van der Waals surface area contributed by atoms with Gasteiger partial charge in [0.25, 0.3) is 10.0 Å². The van der Waals surface area contributed by atoms with Crippen molar-refractivity contribution < 1.29 is 21.6 Å². The van der Waals surface area contributed by atoms with E-state index in [0.717, 1.165) is 38.3 Å². The molecule has 0 atom stereocenters. The molecular formula is C24H25F3N4O2S. The molecule has 10 heteroatoms. The Bertz CT molecular complexity index is 1150. The van der Waals surface area contributed by atoms with E-state index < -0.39 is 21.8 Å². The molecule has 0 aromatic heterocycles. The van der Waals surface area contributed by atoms with Gasteiger partial charge in [-0.05, 0) is 48.7 Å². The van der Waals surface area contributed by atoms with Gasteiger partial charge in [-0.2, -0.15) is 13.2 Å². The molecule has 1 saturated carbocycles. The Kier molecular flexibility index (Phi) is 5.94. The molecule has 2 aromatic carbocycles. The van der Waals surface area contributed by atoms with Gasteiger partial charge in [0.05, 0.1) is 18.7 Å². The van der Waals surface area contributed by atoms with E-state index in [1.54, 1.807) is 0 Å². The van der Waals surface area contributed by atoms with Crippen molar-refractivity contribution in [2.45, 2.75) is 36.4 Å². The SMILES string of the molecule is O=S(=O)(c1c#cc(-c2ccc(C(F)(F)F)cc2)cc1)N1CCN=C1N1CCN(C2CCC2)CC1. The Morgan fingerprint density at radius 3 is 2.18 bits per heavy atom. The van der Waals surface area contributed by atoms with Crippen LogP contribution >= 0.6 is 0 Å². The summed E-state index contributed by atoms with van der Waals surface area (Å²) in [6, 6.07) is 13.8. The standard InChI is InChI=1S/C24H25F3N4O2S/c25-24(26,27)20-8-4-18(5-9-20)19-6-10-22(11-7-19)34(32,33)31-13-12-28-23(31)30-16-14-29(15-17-30)21-2-1-3-21/h4-6,8-10,21H,1-3,12-17H2. The summed E-state index contributed by atoms with van der Waals surface area (Å²) in [4.78, 5) is 8.97. The first-order valence-corrected chi connectivity index (χ1v) is 12.9. The van der Waals surface area contributed by atoms with Crippen molar-refractivity contribution in [2.75, 3.05) is 39.3 Å². The average molecular weight is 491 g/mol. The zero-order valence-corrected chi connectivity index (χ0v) is 19.4. The molecule has 0 spiro atoms. The summed E-state index contributed by atoms with van der Waals surface area (Å²) >= 11 is 0. The van der Waals surface area contributed by atoms with E-state index in [-0.39, 0.29) is 11.4 Å². The largest absolute Gasteiger partial charge is 0.416 e. The molecule has 0 amide bonds. The molecule has 3 aliphatic rings. The molecule has 5 rings (SSSR count). The lowest BCUT2D eigenvalue weighted by Crippen LogP contribution is -2.56. The second-order valence-corrected chi connectivity index (χ2v) is 10.6. The van der Waals surface area contributed by atoms with Crippen molar-refractivity contribution >= 4 is 16.0 Å². The van der Waals surface area contributed by atoms with Crippen LogP contribution in [0, 0.1) is 12.1 Å². The summed E-state index contributed by atoms with van der Waals surface area (Å²) in [5.41, 5.74) is 0.227. The fourth-order valence-electron chi connectivity index (χ4n) is 4.59. The van der Waals surface area contributed by atoms with Crippen molar-refractivity contribution in [3.05, 3.63) is 54.1 Å². The van der Waals surface area contributed by atoms with Gasteiger partial charge in [0.15, 0.2) is 0 Å². The number of hydrogen-bond donors (Lipinski definition) is 0. The summed E-state index contributed by atoms with van der Waals surface area (Å²) in [6.07, 6.45) is -0.633. The molecule has 2 fully saturated rings. The first-order chi connectivity index (χ1) is 16.2. The maximum absolute atomic E-state index is 13.4. The van der Waals surface area contributed by atoms with Crippen molar-refractivity contribution in [2.24, 2.45) is 4.99 Å². The van der Waals surface area contributed by atoms with Crippen molar-refractivity contribution in [1.82, 2.24) is 14.1 Å². The first kappa shape index (κ1) is 23.0. The summed E-state index contributed by atoms with van der Waals surface area (Å²) < 4.78 is 66.4. The number of hydrogen-bond acceptors (Lipinski definition) is 5. The van der Waals surface area contributed by atoms with Gasteiger partial charge in [-0.1, -0.05) is 24.6 Å². The van der Waals surface area contributed by atoms with Gasteiger partial charge in [0, 0.05) is 37.8 Å². The summed E-state index contributed by atoms with van der Waals surface area (Å²) in [5.74, 6) is 0.480. The Balaban J connectivity index is 1.29. The quantitative estimate of drug-likeness (QED) is 0.659. The Morgan fingerprint density at radius 2 is 1.62 bits per heavy atom. The zero-order valence-electron chi connectivity index (χ0n) is 18.6. The lowest BCUT2D eigenvalue weighted by Gasteiger charge is -2.44. The van der Waals surface area contributed by atoms with E-state index in [1.165, 1.54) is 47.8 Å². The number of sulfonamides is 1. The van der Waals surface area contributed by atoms with E-state index in [1.807, 2.05) is 4.90 Å². The molecule has 0 N–H and O–H groups in total. The van der Waals surface area contributed by atoms with Crippen LogP contribution in [0.3, 0.4) is 0 Å². The van der Waals surface area contributed by atoms with Crippen molar-refractivity contribution in [3.63, 3.8) is 0 Å². The average Bonchev–Trinajstić information content (AvgIpc) is 3.29. The maximum atomic E-state index is 13.4. The predicted octanol–water partition coefficient (Wildman–Crippen LogP) is 3.50. The molecule has 6 nitrogen and oxygen atoms in total. The number of piperazine rings is 1. The fraction of sp³-hybridized carbons (Fsp3) is 0.458. The third-order valence-corrected chi connectivity index (χ3v) is 8.50. The second kappa shape index (κ2) is 8.78. The van der Waals surface area contributed by atoms with E-state index in [2.05, 4.69) is 22.0 Å². The van der Waals surface area contributed by atoms with Gasteiger partial charge < -0.3 is 4.90 Å². The minimum atomic E-state index is -4.41. The van der Waals surface area contributed by atoms with Crippen LogP contribution in [0.15, 0.2) is 46.3 Å². The number of halogens is 3. The highest BCUT2D eigenvalue weighted by Crippen LogP contribution is 2.31. The Hall–Kier alpha value is -2.77. The van der Waals surface area contributed by atoms with Gasteiger partial charge in [-0.3, -0.25) is 9.89 Å². The second-order valence-electron chi connectivity index (χ2n) is 8.80. The number of guanidine groups is 1. The van der Waals surface area contributed by atoms with E-state index in [0.29, 0.717) is 29.7 Å².